The van der Waals surface area contributed by atoms with Gasteiger partial charge in [0, 0.05) is 61.2 Å². The number of H-pyrrole nitrogens is 1. The Labute approximate surface area is 391 Å². The Hall–Kier alpha value is -8.02. The van der Waals surface area contributed by atoms with Crippen LogP contribution in [0.4, 0.5) is 0 Å². The molecule has 4 aromatic heterocycles. The maximum Gasteiger partial charge on any atom is 0.147 e. The zero-order valence-corrected chi connectivity index (χ0v) is 38.8. The van der Waals surface area contributed by atoms with Gasteiger partial charge in [0.2, 0.25) is 0 Å². The predicted octanol–water partition coefficient (Wildman–Crippen LogP) is 16.1. The Balaban J connectivity index is 1.12. The number of aromatic nitrogens is 5. The summed E-state index contributed by atoms with van der Waals surface area (Å²) in [5.74, 6) is 0.883. The average Bonchev–Trinajstić information content (AvgIpc) is 4.04. The van der Waals surface area contributed by atoms with Crippen molar-refractivity contribution in [1.82, 2.24) is 24.1 Å². The van der Waals surface area contributed by atoms with Crippen molar-refractivity contribution in [2.45, 2.75) is 52.4 Å². The molecule has 5 nitrogen and oxygen atoms in total. The maximum atomic E-state index is 5.75. The van der Waals surface area contributed by atoms with E-state index in [9.17, 15) is 0 Å². The molecule has 0 atom stereocenters. The van der Waals surface area contributed by atoms with E-state index in [1.165, 1.54) is 44.0 Å². The summed E-state index contributed by atoms with van der Waals surface area (Å²) in [5, 5.41) is 4.72. The predicted molar refractivity (Wildman–Crippen MR) is 281 cm³/mol. The number of hydrogen-bond donors (Lipinski definition) is 1. The van der Waals surface area contributed by atoms with Crippen LogP contribution in [-0.2, 0) is 10.8 Å². The van der Waals surface area contributed by atoms with E-state index in [2.05, 4.69) is 238 Å². The molecule has 0 bridgehead atoms. The van der Waals surface area contributed by atoms with E-state index in [0.29, 0.717) is 0 Å². The Kier molecular flexibility index (Phi) is 9.24. The molecule has 12 aromatic rings. The van der Waals surface area contributed by atoms with Crippen molar-refractivity contribution in [1.29, 1.82) is 0 Å². The molecule has 0 aliphatic carbocycles. The molecule has 0 spiro atoms. The van der Waals surface area contributed by atoms with Gasteiger partial charge in [-0.05, 0) is 112 Å². The van der Waals surface area contributed by atoms with Gasteiger partial charge in [0.25, 0.3) is 0 Å². The highest BCUT2D eigenvalue weighted by molar-refractivity contribution is 6.12. The second-order valence-electron chi connectivity index (χ2n) is 19.7. The van der Waals surface area contributed by atoms with Gasteiger partial charge in [-0.25, -0.2) is 9.97 Å². The molecule has 0 aliphatic heterocycles. The van der Waals surface area contributed by atoms with Crippen LogP contribution in [0.5, 0.6) is 0 Å². The summed E-state index contributed by atoms with van der Waals surface area (Å²) >= 11 is 0. The standard InChI is InChI=1S/C62H51N5/c1-39-28-31-54-53(33-39)50-24-14-25-52(57(50)64-54)60-65-58-48(23-15-27-55(58)66(60)46-22-13-19-41(35-46)40-17-9-7-10-18-40)42-34-45(61(2,3)4)37-47(36-42)67-56-38-44(62(5,6)43-20-11-8-12-21-43)29-30-49(56)51-26-16-32-63-59(51)67/h7-38,64H,1-6H3. The van der Waals surface area contributed by atoms with Crippen molar-refractivity contribution < 1.29 is 0 Å². The van der Waals surface area contributed by atoms with Gasteiger partial charge in [-0.3, -0.25) is 9.13 Å². The lowest BCUT2D eigenvalue weighted by atomic mass is 9.78. The largest absolute Gasteiger partial charge is 0.354 e. The van der Waals surface area contributed by atoms with Crippen LogP contribution in [0.2, 0.25) is 0 Å². The lowest BCUT2D eigenvalue weighted by molar-refractivity contribution is 0.590. The summed E-state index contributed by atoms with van der Waals surface area (Å²) < 4.78 is 4.74. The minimum Gasteiger partial charge on any atom is -0.354 e. The summed E-state index contributed by atoms with van der Waals surface area (Å²) in [7, 11) is 0. The van der Waals surface area contributed by atoms with Crippen LogP contribution in [0.15, 0.2) is 194 Å². The number of aromatic amines is 1. The Bertz CT molecular complexity index is 3880. The van der Waals surface area contributed by atoms with E-state index >= 15 is 0 Å². The third-order valence-corrected chi connectivity index (χ3v) is 14.0. The topological polar surface area (TPSA) is 51.4 Å². The molecule has 0 unspecified atom stereocenters. The third kappa shape index (κ3) is 6.68. The Morgan fingerprint density at radius 2 is 1.19 bits per heavy atom. The van der Waals surface area contributed by atoms with Crippen LogP contribution in [0.3, 0.4) is 0 Å². The van der Waals surface area contributed by atoms with E-state index in [-0.39, 0.29) is 10.8 Å². The number of aryl methyl sites for hydroxylation is 1. The molecule has 4 heterocycles. The normalized spacial score (nSPS) is 12.3. The average molecular weight is 866 g/mol. The van der Waals surface area contributed by atoms with Crippen molar-refractivity contribution in [3.05, 3.63) is 217 Å². The van der Waals surface area contributed by atoms with Crippen molar-refractivity contribution in [3.63, 3.8) is 0 Å². The Morgan fingerprint density at radius 3 is 2.01 bits per heavy atom. The fourth-order valence-corrected chi connectivity index (χ4v) is 10.3. The molecular weight excluding hydrogens is 815 g/mol. The molecule has 5 heteroatoms. The van der Waals surface area contributed by atoms with Crippen LogP contribution >= 0.6 is 0 Å². The molecule has 0 radical (unpaired) electrons. The SMILES string of the molecule is Cc1ccc2[nH]c3c(-c4nc5c(-c6cc(-n7c8cc(C(C)(C)c9ccccc9)ccc8c8cccnc87)cc(C(C)(C)C)c6)cccc5n4-c4cccc(-c5ccccc5)c4)cccc3c2c1. The molecule has 324 valence electrons. The first kappa shape index (κ1) is 40.5. The monoisotopic (exact) mass is 865 g/mol. The van der Waals surface area contributed by atoms with Gasteiger partial charge >= 0.3 is 0 Å². The fraction of sp³-hybridized carbons (Fsp3) is 0.129. The van der Waals surface area contributed by atoms with E-state index < -0.39 is 0 Å². The van der Waals surface area contributed by atoms with Gasteiger partial charge in [0.15, 0.2) is 0 Å². The number of hydrogen-bond acceptors (Lipinski definition) is 2. The molecule has 0 saturated carbocycles. The maximum absolute atomic E-state index is 5.75. The van der Waals surface area contributed by atoms with Gasteiger partial charge in [-0.1, -0.05) is 162 Å². The van der Waals surface area contributed by atoms with Crippen LogP contribution in [-0.4, -0.2) is 24.1 Å². The van der Waals surface area contributed by atoms with Crippen LogP contribution in [0.25, 0.3) is 99.8 Å². The van der Waals surface area contributed by atoms with E-state index in [1.807, 2.05) is 12.3 Å². The van der Waals surface area contributed by atoms with Crippen molar-refractivity contribution in [2.24, 2.45) is 0 Å². The fourth-order valence-electron chi connectivity index (χ4n) is 10.3. The number of pyridine rings is 1. The van der Waals surface area contributed by atoms with Crippen LogP contribution < -0.4 is 0 Å². The summed E-state index contributed by atoms with van der Waals surface area (Å²) in [6.45, 7) is 13.7. The van der Waals surface area contributed by atoms with Gasteiger partial charge in [0.1, 0.15) is 11.5 Å². The number of nitrogens with zero attached hydrogens (tertiary/aromatic N) is 4. The number of fused-ring (bicyclic) bond motifs is 7. The molecule has 8 aromatic carbocycles. The summed E-state index contributed by atoms with van der Waals surface area (Å²) in [6.07, 6.45) is 1.91. The van der Waals surface area contributed by atoms with Gasteiger partial charge in [-0.2, -0.15) is 0 Å². The highest BCUT2D eigenvalue weighted by Gasteiger charge is 2.27. The Morgan fingerprint density at radius 1 is 0.463 bits per heavy atom. The minimum atomic E-state index is -0.217. The van der Waals surface area contributed by atoms with E-state index in [1.54, 1.807) is 0 Å². The van der Waals surface area contributed by atoms with Crippen LogP contribution in [0.1, 0.15) is 56.9 Å². The van der Waals surface area contributed by atoms with Crippen molar-refractivity contribution in [2.75, 3.05) is 0 Å². The lowest BCUT2D eigenvalue weighted by Gasteiger charge is -2.26. The third-order valence-electron chi connectivity index (χ3n) is 14.0. The summed E-state index contributed by atoms with van der Waals surface area (Å²) in [5.41, 5.74) is 18.5. The zero-order valence-electron chi connectivity index (χ0n) is 38.8. The highest BCUT2D eigenvalue weighted by atomic mass is 15.1. The highest BCUT2D eigenvalue weighted by Crippen LogP contribution is 2.43. The molecule has 0 saturated heterocycles. The first-order chi connectivity index (χ1) is 32.5. The quantitative estimate of drug-likeness (QED) is 0.173. The van der Waals surface area contributed by atoms with Crippen molar-refractivity contribution >= 4 is 54.8 Å². The molecule has 1 N–H and O–H groups in total. The first-order valence-electron chi connectivity index (χ1n) is 23.3. The van der Waals surface area contributed by atoms with Gasteiger partial charge < -0.3 is 4.98 Å². The van der Waals surface area contributed by atoms with E-state index in [0.717, 1.165) is 78.1 Å². The summed E-state index contributed by atoms with van der Waals surface area (Å²) in [6, 6.07) is 68.5. The van der Waals surface area contributed by atoms with Crippen molar-refractivity contribution in [3.8, 4) is 45.0 Å². The summed E-state index contributed by atoms with van der Waals surface area (Å²) in [4.78, 5) is 14.7. The zero-order chi connectivity index (χ0) is 45.6. The molecular formula is C62H51N5. The molecule has 12 rings (SSSR count). The number of para-hydroxylation sites is 2. The number of nitrogens with one attached hydrogen (secondary N) is 1. The number of rotatable bonds is 7. The van der Waals surface area contributed by atoms with E-state index in [4.69, 9.17) is 9.97 Å². The van der Waals surface area contributed by atoms with Gasteiger partial charge in [-0.15, -0.1) is 0 Å². The molecule has 0 aliphatic rings. The smallest absolute Gasteiger partial charge is 0.147 e. The molecule has 0 amide bonds. The van der Waals surface area contributed by atoms with Crippen LogP contribution in [0, 0.1) is 6.92 Å². The second-order valence-corrected chi connectivity index (χ2v) is 19.7. The minimum absolute atomic E-state index is 0.155. The lowest BCUT2D eigenvalue weighted by Crippen LogP contribution is -2.18. The first-order valence-corrected chi connectivity index (χ1v) is 23.3. The molecule has 67 heavy (non-hydrogen) atoms. The van der Waals surface area contributed by atoms with Gasteiger partial charge in [0.05, 0.1) is 22.1 Å². The number of benzene rings is 8. The molecule has 0 fully saturated rings. The number of imidazole rings is 1. The second kappa shape index (κ2) is 15.3.